The standard InChI is InChI=1S/C14H21FN2O2/c1-3-12(14(18)17-9-10(2)8-16)19-13-7-5-4-6-11(13)15/h4-7,10,12H,3,8-9,16H2,1-2H3,(H,17,18). The van der Waals surface area contributed by atoms with Gasteiger partial charge in [0.25, 0.3) is 5.91 Å². The van der Waals surface area contributed by atoms with Crippen LogP contribution < -0.4 is 15.8 Å². The van der Waals surface area contributed by atoms with Crippen molar-refractivity contribution in [3.05, 3.63) is 30.1 Å². The van der Waals surface area contributed by atoms with Gasteiger partial charge in [0.2, 0.25) is 0 Å². The van der Waals surface area contributed by atoms with Gasteiger partial charge >= 0.3 is 0 Å². The van der Waals surface area contributed by atoms with Crippen LogP contribution in [0.2, 0.25) is 0 Å². The molecule has 19 heavy (non-hydrogen) atoms. The summed E-state index contributed by atoms with van der Waals surface area (Å²) in [7, 11) is 0. The number of carbonyl (C=O) groups is 1. The van der Waals surface area contributed by atoms with Crippen LogP contribution >= 0.6 is 0 Å². The SMILES string of the molecule is CCC(Oc1ccccc1F)C(=O)NCC(C)CN. The Morgan fingerprint density at radius 1 is 1.47 bits per heavy atom. The Bertz CT molecular complexity index is 412. The minimum atomic E-state index is -0.693. The van der Waals surface area contributed by atoms with E-state index in [1.165, 1.54) is 12.1 Å². The number of halogens is 1. The number of hydrogen-bond acceptors (Lipinski definition) is 3. The molecule has 0 heterocycles. The van der Waals surface area contributed by atoms with E-state index in [2.05, 4.69) is 5.32 Å². The first kappa shape index (κ1) is 15.4. The second-order valence-corrected chi connectivity index (χ2v) is 4.53. The van der Waals surface area contributed by atoms with Gasteiger partial charge in [0.15, 0.2) is 17.7 Å². The highest BCUT2D eigenvalue weighted by atomic mass is 19.1. The molecule has 2 unspecified atom stereocenters. The topological polar surface area (TPSA) is 64.3 Å². The minimum absolute atomic E-state index is 0.0939. The number of amides is 1. The normalized spacial score (nSPS) is 13.7. The molecule has 5 heteroatoms. The fourth-order valence-electron chi connectivity index (χ4n) is 1.49. The molecule has 3 N–H and O–H groups in total. The molecule has 1 rings (SSSR count). The van der Waals surface area contributed by atoms with Crippen molar-refractivity contribution in [1.29, 1.82) is 0 Å². The summed E-state index contributed by atoms with van der Waals surface area (Å²) >= 11 is 0. The molecule has 0 bridgehead atoms. The van der Waals surface area contributed by atoms with E-state index in [4.69, 9.17) is 10.5 Å². The lowest BCUT2D eigenvalue weighted by atomic mass is 10.2. The second kappa shape index (κ2) is 7.74. The molecular formula is C14H21FN2O2. The van der Waals surface area contributed by atoms with Gasteiger partial charge in [-0.05, 0) is 31.0 Å². The van der Waals surface area contributed by atoms with E-state index >= 15 is 0 Å². The highest BCUT2D eigenvalue weighted by Gasteiger charge is 2.19. The number of benzene rings is 1. The fourth-order valence-corrected chi connectivity index (χ4v) is 1.49. The summed E-state index contributed by atoms with van der Waals surface area (Å²) in [5, 5.41) is 2.76. The van der Waals surface area contributed by atoms with Gasteiger partial charge < -0.3 is 15.8 Å². The van der Waals surface area contributed by atoms with E-state index in [1.807, 2.05) is 13.8 Å². The molecule has 4 nitrogen and oxygen atoms in total. The van der Waals surface area contributed by atoms with Crippen LogP contribution in [0.15, 0.2) is 24.3 Å². The number of para-hydroxylation sites is 1. The van der Waals surface area contributed by atoms with Gasteiger partial charge in [-0.2, -0.15) is 0 Å². The van der Waals surface area contributed by atoms with Gasteiger partial charge in [-0.3, -0.25) is 4.79 Å². The molecule has 106 valence electrons. The first-order valence-corrected chi connectivity index (χ1v) is 6.47. The average molecular weight is 268 g/mol. The molecule has 1 aromatic carbocycles. The molecular weight excluding hydrogens is 247 g/mol. The van der Waals surface area contributed by atoms with Crippen molar-refractivity contribution in [2.24, 2.45) is 11.7 Å². The Morgan fingerprint density at radius 2 is 2.16 bits per heavy atom. The van der Waals surface area contributed by atoms with E-state index < -0.39 is 11.9 Å². The third-order valence-electron chi connectivity index (χ3n) is 2.80. The lowest BCUT2D eigenvalue weighted by molar-refractivity contribution is -0.128. The summed E-state index contributed by atoms with van der Waals surface area (Å²) < 4.78 is 18.8. The highest BCUT2D eigenvalue weighted by Crippen LogP contribution is 2.18. The molecule has 0 radical (unpaired) electrons. The van der Waals surface area contributed by atoms with Gasteiger partial charge in [0.1, 0.15) is 0 Å². The Balaban J connectivity index is 2.58. The molecule has 0 aliphatic rings. The average Bonchev–Trinajstić information content (AvgIpc) is 2.43. The highest BCUT2D eigenvalue weighted by molar-refractivity contribution is 5.81. The number of rotatable bonds is 7. The van der Waals surface area contributed by atoms with Crippen LogP contribution in [0, 0.1) is 11.7 Å². The molecule has 0 fully saturated rings. The van der Waals surface area contributed by atoms with Crippen molar-refractivity contribution < 1.29 is 13.9 Å². The predicted octanol–water partition coefficient (Wildman–Crippen LogP) is 1.69. The second-order valence-electron chi connectivity index (χ2n) is 4.53. The Hall–Kier alpha value is -1.62. The van der Waals surface area contributed by atoms with Crippen molar-refractivity contribution >= 4 is 5.91 Å². The first-order chi connectivity index (χ1) is 9.08. The molecule has 2 atom stereocenters. The summed E-state index contributed by atoms with van der Waals surface area (Å²) in [6.45, 7) is 4.76. The van der Waals surface area contributed by atoms with Crippen molar-refractivity contribution in [2.45, 2.75) is 26.4 Å². The summed E-state index contributed by atoms with van der Waals surface area (Å²) in [6, 6.07) is 6.05. The van der Waals surface area contributed by atoms with Crippen molar-refractivity contribution in [3.8, 4) is 5.75 Å². The first-order valence-electron chi connectivity index (χ1n) is 6.47. The Morgan fingerprint density at radius 3 is 2.74 bits per heavy atom. The van der Waals surface area contributed by atoms with Crippen LogP contribution in [0.3, 0.4) is 0 Å². The lowest BCUT2D eigenvalue weighted by Gasteiger charge is -2.18. The maximum absolute atomic E-state index is 13.4. The van der Waals surface area contributed by atoms with E-state index in [-0.39, 0.29) is 17.6 Å². The molecule has 0 aromatic heterocycles. The third-order valence-corrected chi connectivity index (χ3v) is 2.80. The van der Waals surface area contributed by atoms with Crippen LogP contribution in [-0.2, 0) is 4.79 Å². The quantitative estimate of drug-likeness (QED) is 0.791. The van der Waals surface area contributed by atoms with Gasteiger partial charge in [-0.1, -0.05) is 26.0 Å². The molecule has 0 saturated heterocycles. The zero-order chi connectivity index (χ0) is 14.3. The van der Waals surface area contributed by atoms with Crippen LogP contribution in [0.25, 0.3) is 0 Å². The smallest absolute Gasteiger partial charge is 0.261 e. The maximum Gasteiger partial charge on any atom is 0.261 e. The fraction of sp³-hybridized carbons (Fsp3) is 0.500. The van der Waals surface area contributed by atoms with Gasteiger partial charge in [0, 0.05) is 6.54 Å². The molecule has 0 saturated carbocycles. The summed E-state index contributed by atoms with van der Waals surface area (Å²) in [6.07, 6.45) is -0.223. The monoisotopic (exact) mass is 268 g/mol. The lowest BCUT2D eigenvalue weighted by Crippen LogP contribution is -2.41. The van der Waals surface area contributed by atoms with Gasteiger partial charge in [0.05, 0.1) is 0 Å². The molecule has 1 amide bonds. The van der Waals surface area contributed by atoms with Crippen LogP contribution in [0.4, 0.5) is 4.39 Å². The molecule has 0 spiro atoms. The number of ether oxygens (including phenoxy) is 1. The van der Waals surface area contributed by atoms with Crippen LogP contribution in [-0.4, -0.2) is 25.1 Å². The number of nitrogens with two attached hydrogens (primary N) is 1. The van der Waals surface area contributed by atoms with Crippen molar-refractivity contribution in [1.82, 2.24) is 5.32 Å². The van der Waals surface area contributed by atoms with Crippen LogP contribution in [0.1, 0.15) is 20.3 Å². The molecule has 0 aliphatic carbocycles. The summed E-state index contributed by atoms with van der Waals surface area (Å²) in [5.41, 5.74) is 5.48. The van der Waals surface area contributed by atoms with Gasteiger partial charge in [-0.15, -0.1) is 0 Å². The molecule has 0 aliphatic heterocycles. The minimum Gasteiger partial charge on any atom is -0.478 e. The molecule has 1 aromatic rings. The Kier molecular flexibility index (Phi) is 6.29. The zero-order valence-corrected chi connectivity index (χ0v) is 11.4. The van der Waals surface area contributed by atoms with E-state index in [0.29, 0.717) is 19.5 Å². The van der Waals surface area contributed by atoms with E-state index in [1.54, 1.807) is 12.1 Å². The van der Waals surface area contributed by atoms with Crippen LogP contribution in [0.5, 0.6) is 5.75 Å². The van der Waals surface area contributed by atoms with Crippen molar-refractivity contribution in [3.63, 3.8) is 0 Å². The maximum atomic E-state index is 13.4. The third kappa shape index (κ3) is 4.87. The van der Waals surface area contributed by atoms with E-state index in [9.17, 15) is 9.18 Å². The largest absolute Gasteiger partial charge is 0.478 e. The Labute approximate surface area is 113 Å². The summed E-state index contributed by atoms with van der Waals surface area (Å²) in [5.74, 6) is -0.415. The number of hydrogen-bond donors (Lipinski definition) is 2. The predicted molar refractivity (Wildman–Crippen MR) is 72.3 cm³/mol. The zero-order valence-electron chi connectivity index (χ0n) is 11.4. The van der Waals surface area contributed by atoms with Gasteiger partial charge in [-0.25, -0.2) is 4.39 Å². The summed E-state index contributed by atoms with van der Waals surface area (Å²) in [4.78, 5) is 11.9. The van der Waals surface area contributed by atoms with E-state index in [0.717, 1.165) is 0 Å². The number of nitrogens with one attached hydrogen (secondary N) is 1. The van der Waals surface area contributed by atoms with Crippen molar-refractivity contribution in [2.75, 3.05) is 13.1 Å². The number of carbonyl (C=O) groups excluding carboxylic acids is 1.